The number of pyridine rings is 1. The average Bonchev–Trinajstić information content (AvgIpc) is 3.80. The Morgan fingerprint density at radius 3 is 1.87 bits per heavy atom. The zero-order chi connectivity index (χ0) is 46.5. The molecular weight excluding hydrogens is 733 g/mol. The van der Waals surface area contributed by atoms with E-state index in [1.54, 1.807) is 6.20 Å². The van der Waals surface area contributed by atoms with Gasteiger partial charge >= 0.3 is 0 Å². The first-order valence-electron chi connectivity index (χ1n) is 23.3. The van der Waals surface area contributed by atoms with E-state index < -0.39 is 6.04 Å². The van der Waals surface area contributed by atoms with Gasteiger partial charge in [0.25, 0.3) is 0 Å². The number of hydrogen-bond donors (Lipinski definition) is 0. The maximum atomic E-state index is 8.63. The quantitative estimate of drug-likeness (QED) is 0.168. The third kappa shape index (κ3) is 7.21. The second-order valence-corrected chi connectivity index (χ2v) is 19.2. The molecule has 9 rings (SSSR count). The van der Waals surface area contributed by atoms with Gasteiger partial charge in [-0.25, -0.2) is 4.98 Å². The van der Waals surface area contributed by atoms with E-state index >= 15 is 0 Å². The van der Waals surface area contributed by atoms with E-state index in [9.17, 15) is 0 Å². The molecule has 0 fully saturated rings. The Bertz CT molecular complexity index is 3140. The SMILES string of the molecule is [2H]c1c([2H])c([2H])c(-c2cnc(-n3c4ccc(C(C)(C)C)cc4c4ccc(Oc5cccc(N6CN(c7cc(C(C)(C)C)cc(C(C)(C)C)c7)c7ccccc76)c5)cc43)cc2C)c([2H])c1[2H]. The van der Waals surface area contributed by atoms with Crippen LogP contribution in [0.3, 0.4) is 0 Å². The lowest BCUT2D eigenvalue weighted by atomic mass is 9.80. The van der Waals surface area contributed by atoms with Crippen molar-refractivity contribution < 1.29 is 11.6 Å². The normalized spacial score (nSPS) is 14.5. The highest BCUT2D eigenvalue weighted by Crippen LogP contribution is 2.47. The summed E-state index contributed by atoms with van der Waals surface area (Å²) in [6.07, 6.45) is 1.62. The maximum Gasteiger partial charge on any atom is 0.137 e. The van der Waals surface area contributed by atoms with Gasteiger partial charge < -0.3 is 14.5 Å². The van der Waals surface area contributed by atoms with Crippen molar-refractivity contribution in [3.05, 3.63) is 168 Å². The number of nitrogens with zero attached hydrogens (tertiary/aromatic N) is 4. The van der Waals surface area contributed by atoms with Crippen LogP contribution >= 0.6 is 0 Å². The van der Waals surface area contributed by atoms with Gasteiger partial charge in [-0.3, -0.25) is 4.57 Å². The zero-order valence-electron chi connectivity index (χ0n) is 41.4. The molecule has 0 N–H and O–H groups in total. The van der Waals surface area contributed by atoms with E-state index in [-0.39, 0.29) is 46.0 Å². The lowest BCUT2D eigenvalue weighted by molar-refractivity contribution is 0.483. The van der Waals surface area contributed by atoms with Gasteiger partial charge in [0.2, 0.25) is 0 Å². The molecule has 0 bridgehead atoms. The van der Waals surface area contributed by atoms with Crippen molar-refractivity contribution in [2.45, 2.75) is 85.5 Å². The van der Waals surface area contributed by atoms with Crippen LogP contribution in [0.2, 0.25) is 0 Å². The minimum atomic E-state index is -0.420. The number of benzene rings is 6. The maximum absolute atomic E-state index is 8.63. The molecule has 0 radical (unpaired) electrons. The molecule has 0 atom stereocenters. The van der Waals surface area contributed by atoms with Crippen molar-refractivity contribution >= 4 is 44.6 Å². The van der Waals surface area contributed by atoms with E-state index in [0.717, 1.165) is 44.4 Å². The Balaban J connectivity index is 1.10. The minimum Gasteiger partial charge on any atom is -0.457 e. The van der Waals surface area contributed by atoms with Gasteiger partial charge in [-0.05, 0) is 118 Å². The van der Waals surface area contributed by atoms with Crippen LogP contribution in [0.4, 0.5) is 22.7 Å². The van der Waals surface area contributed by atoms with E-state index in [2.05, 4.69) is 162 Å². The first-order valence-corrected chi connectivity index (χ1v) is 20.8. The van der Waals surface area contributed by atoms with Crippen molar-refractivity contribution in [2.24, 2.45) is 0 Å². The summed E-state index contributed by atoms with van der Waals surface area (Å²) in [5, 5.41) is 2.12. The summed E-state index contributed by atoms with van der Waals surface area (Å²) in [6.45, 7) is 22.8. The minimum absolute atomic E-state index is 0.00905. The standard InChI is InChI=1S/C55H56N4O/c1-36-27-52(56-34-47(36)37-17-12-11-13-18-37)59-48-26-23-38(53(2,3)4)31-46(48)45-25-24-44(33-51(45)59)60-43-20-16-19-41(32-43)57-35-58(50-22-15-14-21-49(50)57)42-29-39(54(5,6)7)28-40(30-42)55(8,9)10/h11-34H,35H2,1-10H3/i11D,12D,13D,17D,18D. The highest BCUT2D eigenvalue weighted by molar-refractivity contribution is 6.10. The van der Waals surface area contributed by atoms with Gasteiger partial charge in [-0.1, -0.05) is 123 Å². The number of para-hydroxylation sites is 2. The summed E-state index contributed by atoms with van der Waals surface area (Å²) in [4.78, 5) is 9.68. The van der Waals surface area contributed by atoms with Crippen LogP contribution in [0.1, 0.15) is 91.4 Å². The van der Waals surface area contributed by atoms with Gasteiger partial charge in [0.1, 0.15) is 24.0 Å². The monoisotopic (exact) mass is 793 g/mol. The topological polar surface area (TPSA) is 33.5 Å². The molecule has 0 saturated carbocycles. The molecule has 3 heterocycles. The predicted octanol–water partition coefficient (Wildman–Crippen LogP) is 15.1. The molecule has 5 nitrogen and oxygen atoms in total. The largest absolute Gasteiger partial charge is 0.457 e. The fourth-order valence-corrected chi connectivity index (χ4v) is 8.23. The van der Waals surface area contributed by atoms with Crippen LogP contribution in [-0.2, 0) is 16.2 Å². The Kier molecular flexibility index (Phi) is 8.06. The van der Waals surface area contributed by atoms with Crippen LogP contribution in [0.15, 0.2) is 146 Å². The second-order valence-electron chi connectivity index (χ2n) is 19.2. The van der Waals surface area contributed by atoms with Gasteiger partial charge in [0.15, 0.2) is 0 Å². The molecule has 8 aromatic rings. The first kappa shape index (κ1) is 33.5. The molecule has 0 saturated heterocycles. The highest BCUT2D eigenvalue weighted by atomic mass is 16.5. The summed E-state index contributed by atoms with van der Waals surface area (Å²) < 4.78 is 50.8. The first-order chi connectivity index (χ1) is 30.6. The van der Waals surface area contributed by atoms with Gasteiger partial charge in [0.05, 0.1) is 29.3 Å². The van der Waals surface area contributed by atoms with Crippen molar-refractivity contribution in [1.29, 1.82) is 0 Å². The van der Waals surface area contributed by atoms with Gasteiger partial charge in [0, 0.05) is 46.0 Å². The van der Waals surface area contributed by atoms with E-state index in [1.165, 1.54) is 22.4 Å². The molecule has 5 heteroatoms. The Morgan fingerprint density at radius 1 is 0.567 bits per heavy atom. The average molecular weight is 794 g/mol. The Morgan fingerprint density at radius 2 is 1.22 bits per heavy atom. The number of anilines is 4. The number of rotatable bonds is 6. The molecule has 2 aromatic heterocycles. The number of fused-ring (bicyclic) bond motifs is 4. The molecule has 1 aliphatic rings. The van der Waals surface area contributed by atoms with Crippen LogP contribution in [0, 0.1) is 6.92 Å². The van der Waals surface area contributed by atoms with E-state index in [4.69, 9.17) is 16.6 Å². The molecule has 0 unspecified atom stereocenters. The molecule has 60 heavy (non-hydrogen) atoms. The zero-order valence-corrected chi connectivity index (χ0v) is 36.4. The molecule has 0 amide bonds. The summed E-state index contributed by atoms with van der Waals surface area (Å²) in [5.41, 5.74) is 11.4. The fourth-order valence-electron chi connectivity index (χ4n) is 8.23. The molecule has 0 spiro atoms. The number of aryl methyl sites for hydroxylation is 1. The van der Waals surface area contributed by atoms with Crippen LogP contribution in [0.25, 0.3) is 38.8 Å². The second kappa shape index (κ2) is 14.4. The summed E-state index contributed by atoms with van der Waals surface area (Å²) in [7, 11) is 0. The van der Waals surface area contributed by atoms with Crippen molar-refractivity contribution in [2.75, 3.05) is 16.5 Å². The smallest absolute Gasteiger partial charge is 0.137 e. The highest BCUT2D eigenvalue weighted by Gasteiger charge is 2.30. The van der Waals surface area contributed by atoms with E-state index in [0.29, 0.717) is 29.5 Å². The van der Waals surface area contributed by atoms with Crippen LogP contribution in [0.5, 0.6) is 11.5 Å². The number of ether oxygens (including phenoxy) is 1. The lowest BCUT2D eigenvalue weighted by Crippen LogP contribution is -2.25. The van der Waals surface area contributed by atoms with Crippen molar-refractivity contribution in [1.82, 2.24) is 9.55 Å². The Hall–Kier alpha value is -6.33. The summed E-state index contributed by atoms with van der Waals surface area (Å²) in [6, 6.07) is 36.9. The predicted molar refractivity (Wildman–Crippen MR) is 253 cm³/mol. The van der Waals surface area contributed by atoms with Crippen molar-refractivity contribution in [3.8, 4) is 28.4 Å². The molecular formula is C55H56N4O. The molecule has 302 valence electrons. The molecule has 0 aliphatic carbocycles. The van der Waals surface area contributed by atoms with Crippen LogP contribution in [-0.4, -0.2) is 16.2 Å². The number of hydrogen-bond acceptors (Lipinski definition) is 4. The fraction of sp³-hybridized carbons (Fsp3) is 0.255. The van der Waals surface area contributed by atoms with Gasteiger partial charge in [-0.2, -0.15) is 0 Å². The Labute approximate surface area is 362 Å². The number of aromatic nitrogens is 2. The molecule has 6 aromatic carbocycles. The molecule has 1 aliphatic heterocycles. The van der Waals surface area contributed by atoms with E-state index in [1.807, 2.05) is 31.2 Å². The summed E-state index contributed by atoms with van der Waals surface area (Å²) >= 11 is 0. The third-order valence-corrected chi connectivity index (χ3v) is 11.8. The summed E-state index contributed by atoms with van der Waals surface area (Å²) in [5.74, 6) is 2.01. The van der Waals surface area contributed by atoms with Gasteiger partial charge in [-0.15, -0.1) is 0 Å². The van der Waals surface area contributed by atoms with Crippen LogP contribution < -0.4 is 14.5 Å². The third-order valence-electron chi connectivity index (χ3n) is 11.8. The lowest BCUT2D eigenvalue weighted by Gasteiger charge is -2.29. The van der Waals surface area contributed by atoms with Crippen molar-refractivity contribution in [3.63, 3.8) is 0 Å².